The van der Waals surface area contributed by atoms with Gasteiger partial charge in [0.1, 0.15) is 0 Å². The highest BCUT2D eigenvalue weighted by Crippen LogP contribution is 2.20. The zero-order valence-electron chi connectivity index (χ0n) is 15.0. The summed E-state index contributed by atoms with van der Waals surface area (Å²) in [5.41, 5.74) is 0.994. The first-order chi connectivity index (χ1) is 12.7. The minimum absolute atomic E-state index is 0.0242. The molecule has 0 saturated heterocycles. The first kappa shape index (κ1) is 17.8. The third kappa shape index (κ3) is 4.56. The van der Waals surface area contributed by atoms with Gasteiger partial charge in [0.05, 0.1) is 12.7 Å². The van der Waals surface area contributed by atoms with Crippen LogP contribution < -0.4 is 0 Å². The fraction of sp³-hybridized carbons (Fsp3) is 0.368. The van der Waals surface area contributed by atoms with Crippen molar-refractivity contribution in [1.82, 2.24) is 20.0 Å². The molecule has 1 aromatic carbocycles. The lowest BCUT2D eigenvalue weighted by atomic mass is 10.2. The van der Waals surface area contributed by atoms with E-state index in [1.807, 2.05) is 37.3 Å². The second-order valence-electron chi connectivity index (χ2n) is 6.05. The minimum Gasteiger partial charge on any atom is -0.441 e. The molecule has 0 aliphatic heterocycles. The van der Waals surface area contributed by atoms with Gasteiger partial charge in [-0.1, -0.05) is 42.4 Å². The molecular weight excluding hydrogens is 332 g/mol. The Bertz CT molecular complexity index is 841. The van der Waals surface area contributed by atoms with Crippen LogP contribution in [-0.4, -0.2) is 33.0 Å². The average Bonchev–Trinajstić information content (AvgIpc) is 3.31. The standard InChI is InChI=1S/C19H22N4O3/c1-3-16-21-18(26-22-16)13-23(2)19(24)11-7-10-17-20-12-15(25-17)14-8-5-4-6-9-14/h4-6,8-9,12H,3,7,10-11,13H2,1-2H3. The smallest absolute Gasteiger partial charge is 0.246 e. The number of hydrogen-bond acceptors (Lipinski definition) is 6. The molecule has 0 atom stereocenters. The molecule has 0 fully saturated rings. The maximum absolute atomic E-state index is 12.2. The molecule has 0 radical (unpaired) electrons. The predicted octanol–water partition coefficient (Wildman–Crippen LogP) is 3.27. The van der Waals surface area contributed by atoms with Gasteiger partial charge in [0.2, 0.25) is 11.8 Å². The van der Waals surface area contributed by atoms with Crippen LogP contribution in [0.2, 0.25) is 0 Å². The summed E-state index contributed by atoms with van der Waals surface area (Å²) >= 11 is 0. The van der Waals surface area contributed by atoms with E-state index >= 15 is 0 Å². The summed E-state index contributed by atoms with van der Waals surface area (Å²) in [5, 5.41) is 3.83. The van der Waals surface area contributed by atoms with Crippen molar-refractivity contribution >= 4 is 5.91 Å². The fourth-order valence-electron chi connectivity index (χ4n) is 2.53. The number of benzene rings is 1. The maximum Gasteiger partial charge on any atom is 0.246 e. The van der Waals surface area contributed by atoms with Gasteiger partial charge >= 0.3 is 0 Å². The van der Waals surface area contributed by atoms with E-state index in [-0.39, 0.29) is 5.91 Å². The molecule has 3 aromatic rings. The van der Waals surface area contributed by atoms with Crippen LogP contribution in [0.5, 0.6) is 0 Å². The van der Waals surface area contributed by atoms with E-state index in [4.69, 9.17) is 8.94 Å². The number of nitrogens with zero attached hydrogens (tertiary/aromatic N) is 4. The molecule has 7 heteroatoms. The van der Waals surface area contributed by atoms with Crippen LogP contribution in [0.15, 0.2) is 45.5 Å². The van der Waals surface area contributed by atoms with E-state index in [0.717, 1.165) is 11.3 Å². The molecule has 0 bridgehead atoms. The number of aryl methyl sites for hydroxylation is 2. The summed E-state index contributed by atoms with van der Waals surface area (Å²) in [4.78, 5) is 22.3. The van der Waals surface area contributed by atoms with Crippen LogP contribution in [-0.2, 0) is 24.2 Å². The molecule has 2 heterocycles. The molecule has 0 aliphatic rings. The third-order valence-corrected chi connectivity index (χ3v) is 4.02. The molecule has 0 N–H and O–H groups in total. The number of aromatic nitrogens is 3. The van der Waals surface area contributed by atoms with Gasteiger partial charge in [0.15, 0.2) is 17.5 Å². The Morgan fingerprint density at radius 3 is 2.73 bits per heavy atom. The summed E-state index contributed by atoms with van der Waals surface area (Å²) in [5.74, 6) is 2.52. The van der Waals surface area contributed by atoms with E-state index < -0.39 is 0 Å². The van der Waals surface area contributed by atoms with Crippen molar-refractivity contribution in [3.8, 4) is 11.3 Å². The summed E-state index contributed by atoms with van der Waals surface area (Å²) in [6.45, 7) is 2.28. The van der Waals surface area contributed by atoms with Crippen molar-refractivity contribution in [2.75, 3.05) is 7.05 Å². The lowest BCUT2D eigenvalue weighted by Crippen LogP contribution is -2.26. The molecule has 1 amide bonds. The molecule has 2 aromatic heterocycles. The largest absolute Gasteiger partial charge is 0.441 e. The molecule has 7 nitrogen and oxygen atoms in total. The zero-order chi connectivity index (χ0) is 18.4. The monoisotopic (exact) mass is 354 g/mol. The van der Waals surface area contributed by atoms with Crippen molar-refractivity contribution in [1.29, 1.82) is 0 Å². The highest BCUT2D eigenvalue weighted by atomic mass is 16.5. The first-order valence-corrected chi connectivity index (χ1v) is 8.71. The Labute approximate surface area is 152 Å². The Morgan fingerprint density at radius 1 is 1.19 bits per heavy atom. The molecule has 0 saturated carbocycles. The summed E-state index contributed by atoms with van der Waals surface area (Å²) in [7, 11) is 1.73. The SMILES string of the molecule is CCc1noc(CN(C)C(=O)CCCc2ncc(-c3ccccc3)o2)n1. The molecule has 136 valence electrons. The second kappa shape index (κ2) is 8.42. The van der Waals surface area contributed by atoms with Gasteiger partial charge in [-0.15, -0.1) is 0 Å². The van der Waals surface area contributed by atoms with E-state index in [2.05, 4.69) is 15.1 Å². The summed E-state index contributed by atoms with van der Waals surface area (Å²) in [6, 6.07) is 9.83. The van der Waals surface area contributed by atoms with Crippen molar-refractivity contribution in [3.63, 3.8) is 0 Å². The van der Waals surface area contributed by atoms with Gasteiger partial charge in [0, 0.05) is 31.9 Å². The average molecular weight is 354 g/mol. The van der Waals surface area contributed by atoms with Gasteiger partial charge in [-0.3, -0.25) is 4.79 Å². The van der Waals surface area contributed by atoms with Crippen molar-refractivity contribution in [3.05, 3.63) is 54.1 Å². The zero-order valence-corrected chi connectivity index (χ0v) is 15.0. The second-order valence-corrected chi connectivity index (χ2v) is 6.05. The highest BCUT2D eigenvalue weighted by Gasteiger charge is 2.14. The molecule has 0 aliphatic carbocycles. The van der Waals surface area contributed by atoms with Crippen LogP contribution in [0, 0.1) is 0 Å². The lowest BCUT2D eigenvalue weighted by Gasteiger charge is -2.14. The number of oxazole rings is 1. The topological polar surface area (TPSA) is 85.3 Å². The Balaban J connectivity index is 1.45. The molecular formula is C19H22N4O3. The van der Waals surface area contributed by atoms with Gasteiger partial charge in [-0.2, -0.15) is 4.98 Å². The van der Waals surface area contributed by atoms with Gasteiger partial charge < -0.3 is 13.8 Å². The van der Waals surface area contributed by atoms with Gasteiger partial charge in [0.25, 0.3) is 0 Å². The number of amides is 1. The number of hydrogen-bond donors (Lipinski definition) is 0. The van der Waals surface area contributed by atoms with Crippen LogP contribution in [0.1, 0.15) is 37.4 Å². The van der Waals surface area contributed by atoms with Crippen molar-refractivity contribution in [2.45, 2.75) is 39.2 Å². The Morgan fingerprint density at radius 2 is 2.00 bits per heavy atom. The van der Waals surface area contributed by atoms with Crippen molar-refractivity contribution < 1.29 is 13.7 Å². The quantitative estimate of drug-likeness (QED) is 0.617. The summed E-state index contributed by atoms with van der Waals surface area (Å²) < 4.78 is 10.9. The molecule has 26 heavy (non-hydrogen) atoms. The highest BCUT2D eigenvalue weighted by molar-refractivity contribution is 5.75. The lowest BCUT2D eigenvalue weighted by molar-refractivity contribution is -0.130. The van der Waals surface area contributed by atoms with E-state index in [9.17, 15) is 4.79 Å². The molecule has 3 rings (SSSR count). The number of rotatable bonds is 8. The molecule has 0 unspecified atom stereocenters. The fourth-order valence-corrected chi connectivity index (χ4v) is 2.53. The minimum atomic E-state index is 0.0242. The van der Waals surface area contributed by atoms with Gasteiger partial charge in [-0.05, 0) is 6.42 Å². The van der Waals surface area contributed by atoms with Crippen molar-refractivity contribution in [2.24, 2.45) is 0 Å². The van der Waals surface area contributed by atoms with Crippen LogP contribution in [0.3, 0.4) is 0 Å². The predicted molar refractivity (Wildman–Crippen MR) is 95.0 cm³/mol. The van der Waals surface area contributed by atoms with Gasteiger partial charge in [-0.25, -0.2) is 4.98 Å². The first-order valence-electron chi connectivity index (χ1n) is 8.71. The van der Waals surface area contributed by atoms with Crippen LogP contribution in [0.25, 0.3) is 11.3 Å². The number of carbonyl (C=O) groups is 1. The maximum atomic E-state index is 12.2. The van der Waals surface area contributed by atoms with E-state index in [1.165, 1.54) is 0 Å². The Kier molecular flexibility index (Phi) is 5.78. The van der Waals surface area contributed by atoms with E-state index in [0.29, 0.717) is 49.8 Å². The number of carbonyl (C=O) groups excluding carboxylic acids is 1. The molecule has 0 spiro atoms. The van der Waals surface area contributed by atoms with Crippen LogP contribution in [0.4, 0.5) is 0 Å². The van der Waals surface area contributed by atoms with Crippen LogP contribution >= 0.6 is 0 Å². The normalized spacial score (nSPS) is 10.8. The third-order valence-electron chi connectivity index (χ3n) is 4.02. The van der Waals surface area contributed by atoms with E-state index in [1.54, 1.807) is 18.1 Å². The summed E-state index contributed by atoms with van der Waals surface area (Å²) in [6.07, 6.45) is 4.13. The Hall–Kier alpha value is -2.96.